The van der Waals surface area contributed by atoms with Crippen molar-refractivity contribution < 1.29 is 14.3 Å². The molecule has 2 saturated heterocycles. The minimum atomic E-state index is -0.144. The van der Waals surface area contributed by atoms with Crippen LogP contribution >= 0.6 is 11.3 Å². The number of aromatic nitrogens is 5. The van der Waals surface area contributed by atoms with Gasteiger partial charge >= 0.3 is 0 Å². The Morgan fingerprint density at radius 1 is 0.949 bits per heavy atom. The monoisotopic (exact) mass is 810 g/mol. The lowest BCUT2D eigenvalue weighted by Crippen LogP contribution is -2.41. The van der Waals surface area contributed by atoms with E-state index < -0.39 is 0 Å². The summed E-state index contributed by atoms with van der Waals surface area (Å²) in [5.74, 6) is 3.52. The molecule has 3 fully saturated rings. The molecule has 304 valence electrons. The fourth-order valence-corrected chi connectivity index (χ4v) is 10.5. The molecule has 4 aliphatic rings. The number of piperidine rings is 1. The molecular weight excluding hydrogens is 761 g/mol. The number of rotatable bonds is 8. The third kappa shape index (κ3) is 7.41. The van der Waals surface area contributed by atoms with E-state index in [4.69, 9.17) is 14.5 Å². The van der Waals surface area contributed by atoms with E-state index >= 15 is 0 Å². The molecule has 1 saturated carbocycles. The second kappa shape index (κ2) is 15.7. The van der Waals surface area contributed by atoms with Crippen molar-refractivity contribution in [3.05, 3.63) is 99.2 Å². The number of hydrogen-bond acceptors (Lipinski definition) is 12. The topological polar surface area (TPSA) is 147 Å². The quantitative estimate of drug-likeness (QED) is 0.168. The molecule has 3 aromatic heterocycles. The molecule has 59 heavy (non-hydrogen) atoms. The Bertz CT molecular complexity index is 2430. The third-order valence-electron chi connectivity index (χ3n) is 12.9. The molecule has 5 aromatic rings. The van der Waals surface area contributed by atoms with Crippen LogP contribution in [-0.2, 0) is 0 Å². The summed E-state index contributed by atoms with van der Waals surface area (Å²) in [6, 6.07) is 16.3. The maximum Gasteiger partial charge on any atom is 0.254 e. The van der Waals surface area contributed by atoms with Gasteiger partial charge in [0.15, 0.2) is 5.82 Å². The van der Waals surface area contributed by atoms with Gasteiger partial charge in [-0.1, -0.05) is 12.1 Å². The van der Waals surface area contributed by atoms with E-state index in [1.54, 1.807) is 49.0 Å². The van der Waals surface area contributed by atoms with Crippen molar-refractivity contribution in [1.29, 1.82) is 5.26 Å². The molecule has 3 aliphatic heterocycles. The minimum Gasteiger partial charge on any atom is -0.495 e. The number of aryl methyl sites for hydroxylation is 2. The molecule has 1 spiro atoms. The maximum atomic E-state index is 13.2. The Labute approximate surface area is 349 Å². The average molecular weight is 811 g/mol. The number of hydrogen-bond donors (Lipinski definition) is 1. The molecular formula is C45H50N10O3S. The van der Waals surface area contributed by atoms with E-state index in [1.807, 2.05) is 6.92 Å². The smallest absolute Gasteiger partial charge is 0.254 e. The number of anilines is 2. The molecule has 14 heteroatoms. The lowest BCUT2D eigenvalue weighted by Gasteiger charge is -2.40. The fraction of sp³-hybridized carbons (Fsp3) is 0.444. The normalized spacial score (nSPS) is 20.9. The molecule has 1 aliphatic carbocycles. The highest BCUT2D eigenvalue weighted by molar-refractivity contribution is 7.15. The van der Waals surface area contributed by atoms with Crippen LogP contribution in [0.3, 0.4) is 0 Å². The van der Waals surface area contributed by atoms with Gasteiger partial charge < -0.3 is 24.6 Å². The summed E-state index contributed by atoms with van der Waals surface area (Å²) in [7, 11) is 1.55. The minimum absolute atomic E-state index is 0.0442. The molecule has 9 rings (SSSR count). The van der Waals surface area contributed by atoms with Crippen molar-refractivity contribution in [2.75, 3.05) is 43.1 Å². The Kier molecular flexibility index (Phi) is 10.3. The first-order valence-corrected chi connectivity index (χ1v) is 21.5. The third-order valence-corrected chi connectivity index (χ3v) is 14.1. The van der Waals surface area contributed by atoms with E-state index in [0.29, 0.717) is 28.6 Å². The second-order valence-corrected chi connectivity index (χ2v) is 17.8. The van der Waals surface area contributed by atoms with Gasteiger partial charge in [0.2, 0.25) is 5.95 Å². The molecule has 1 N–H and O–H groups in total. The van der Waals surface area contributed by atoms with Crippen molar-refractivity contribution in [2.24, 2.45) is 10.4 Å². The van der Waals surface area contributed by atoms with Gasteiger partial charge in [0.05, 0.1) is 30.1 Å². The van der Waals surface area contributed by atoms with Crippen molar-refractivity contribution in [3.63, 3.8) is 0 Å². The zero-order valence-electron chi connectivity index (χ0n) is 34.4. The summed E-state index contributed by atoms with van der Waals surface area (Å²) in [5, 5.41) is 22.5. The van der Waals surface area contributed by atoms with Gasteiger partial charge in [0.25, 0.3) is 5.91 Å². The maximum absolute atomic E-state index is 13.2. The number of ether oxygens (including phenoxy) is 2. The number of amides is 1. The van der Waals surface area contributed by atoms with Gasteiger partial charge in [-0.15, -0.1) is 21.5 Å². The fourth-order valence-electron chi connectivity index (χ4n) is 9.29. The standard InChI is InChI=1S/C45H50N10O3S/c1-27-29(3)59-43-39(27)40(49-28(2)41-52-51-30(4)55(41)43)31-6-11-35(12-7-31)53-19-16-45(17-20-53)18-21-54(26-45)44-47-24-33(25-48-44)42(56)50-34-9-14-36(15-10-34)58-37-13-8-32(23-46)38(22-37)57-5/h6-8,11-13,22,24-25,28,34,36H,9-10,14-21,26H2,1-5H3,(H,50,56)/t28-,34?,36?/m0/s1. The predicted octanol–water partition coefficient (Wildman–Crippen LogP) is 7.45. The number of nitrogens with one attached hydrogen (secondary N) is 1. The summed E-state index contributed by atoms with van der Waals surface area (Å²) in [6.07, 6.45) is 9.99. The van der Waals surface area contributed by atoms with Crippen LogP contribution in [0.1, 0.15) is 107 Å². The molecule has 0 unspecified atom stereocenters. The first-order chi connectivity index (χ1) is 28.6. The number of nitrogens with zero attached hydrogens (tertiary/aromatic N) is 9. The van der Waals surface area contributed by atoms with E-state index in [1.165, 1.54) is 21.7 Å². The Morgan fingerprint density at radius 2 is 1.66 bits per heavy atom. The molecule has 0 bridgehead atoms. The summed E-state index contributed by atoms with van der Waals surface area (Å²) in [4.78, 5) is 33.8. The van der Waals surface area contributed by atoms with E-state index in [-0.39, 0.29) is 29.5 Å². The number of methoxy groups -OCH3 is 1. The van der Waals surface area contributed by atoms with Gasteiger partial charge in [-0.2, -0.15) is 5.26 Å². The Hall–Kier alpha value is -5.81. The lowest BCUT2D eigenvalue weighted by atomic mass is 9.77. The van der Waals surface area contributed by atoms with Crippen molar-refractivity contribution >= 4 is 34.6 Å². The van der Waals surface area contributed by atoms with Gasteiger partial charge in [-0.3, -0.25) is 14.4 Å². The number of carbonyl (C=O) groups is 1. The predicted molar refractivity (Wildman–Crippen MR) is 229 cm³/mol. The van der Waals surface area contributed by atoms with Crippen molar-refractivity contribution in [1.82, 2.24) is 30.0 Å². The highest BCUT2D eigenvalue weighted by atomic mass is 32.1. The number of aliphatic imine (C=N–C) groups is 1. The van der Waals surface area contributed by atoms with Crippen LogP contribution in [0, 0.1) is 37.5 Å². The summed E-state index contributed by atoms with van der Waals surface area (Å²) >= 11 is 1.79. The van der Waals surface area contributed by atoms with Crippen LogP contribution in [-0.4, -0.2) is 81.8 Å². The van der Waals surface area contributed by atoms with Crippen LogP contribution in [0.4, 0.5) is 11.6 Å². The largest absolute Gasteiger partial charge is 0.495 e. The van der Waals surface area contributed by atoms with Gasteiger partial charge in [0.1, 0.15) is 34.4 Å². The van der Waals surface area contributed by atoms with Crippen LogP contribution < -0.4 is 24.6 Å². The molecule has 0 radical (unpaired) electrons. The average Bonchev–Trinajstić information content (AvgIpc) is 3.92. The van der Waals surface area contributed by atoms with Gasteiger partial charge in [-0.25, -0.2) is 9.97 Å². The first-order valence-electron chi connectivity index (χ1n) is 20.7. The number of benzene rings is 2. The van der Waals surface area contributed by atoms with Gasteiger partial charge in [-0.05, 0) is 108 Å². The summed E-state index contributed by atoms with van der Waals surface area (Å²) in [5.41, 5.74) is 7.04. The number of nitriles is 1. The van der Waals surface area contributed by atoms with E-state index in [2.05, 4.69) is 91.0 Å². The zero-order chi connectivity index (χ0) is 40.8. The van der Waals surface area contributed by atoms with Crippen LogP contribution in [0.15, 0.2) is 59.9 Å². The molecule has 2 aromatic carbocycles. The number of thiophene rings is 1. The van der Waals surface area contributed by atoms with Crippen LogP contribution in [0.25, 0.3) is 5.00 Å². The van der Waals surface area contributed by atoms with E-state index in [9.17, 15) is 10.1 Å². The molecule has 1 atom stereocenters. The molecule has 6 heterocycles. The summed E-state index contributed by atoms with van der Waals surface area (Å²) < 4.78 is 13.7. The molecule has 1 amide bonds. The van der Waals surface area contributed by atoms with Crippen LogP contribution in [0.2, 0.25) is 0 Å². The highest BCUT2D eigenvalue weighted by Gasteiger charge is 2.41. The van der Waals surface area contributed by atoms with Gasteiger partial charge in [0, 0.05) is 72.4 Å². The van der Waals surface area contributed by atoms with Crippen molar-refractivity contribution in [2.45, 2.75) is 90.8 Å². The Balaban J connectivity index is 0.769. The SMILES string of the molecule is COc1cc(OC2CCC(NC(=O)c3cnc(N4CCC5(CCN(c6ccc(C7=N[C@@H](C)c8nnc(C)n8-c8sc(C)c(C)c87)cc6)CC5)C4)nc3)CC2)ccc1C#N. The van der Waals surface area contributed by atoms with E-state index in [0.717, 1.165) is 99.0 Å². The van der Waals surface area contributed by atoms with Crippen molar-refractivity contribution in [3.8, 4) is 22.6 Å². The highest BCUT2D eigenvalue weighted by Crippen LogP contribution is 2.43. The number of carbonyl (C=O) groups excluding carboxylic acids is 1. The zero-order valence-corrected chi connectivity index (χ0v) is 35.2. The lowest BCUT2D eigenvalue weighted by molar-refractivity contribution is 0.0893. The first kappa shape index (κ1) is 38.7. The Morgan fingerprint density at radius 3 is 2.36 bits per heavy atom. The molecule has 13 nitrogen and oxygen atoms in total. The number of fused-ring (bicyclic) bond motifs is 3. The summed E-state index contributed by atoms with van der Waals surface area (Å²) in [6.45, 7) is 12.3. The van der Waals surface area contributed by atoms with Crippen LogP contribution in [0.5, 0.6) is 11.5 Å². The second-order valence-electron chi connectivity index (χ2n) is 16.6.